The maximum absolute atomic E-state index is 12.3. The number of aliphatic hydroxyl groups is 1. The topological polar surface area (TPSA) is 136 Å². The van der Waals surface area contributed by atoms with Crippen LogP contribution in [0.15, 0.2) is 79.0 Å². The Morgan fingerprint density at radius 1 is 0.872 bits per heavy atom. The van der Waals surface area contributed by atoms with Crippen LogP contribution in [0.1, 0.15) is 46.5 Å². The van der Waals surface area contributed by atoms with Crippen LogP contribution in [0.5, 0.6) is 0 Å². The predicted octanol–water partition coefficient (Wildman–Crippen LogP) is 4.76. The summed E-state index contributed by atoms with van der Waals surface area (Å²) in [5.41, 5.74) is 17.2. The van der Waals surface area contributed by atoms with Gasteiger partial charge in [0, 0.05) is 39.9 Å². The quantitative estimate of drug-likeness (QED) is 0.256. The number of aliphatic hydroxyl groups excluding tert-OH is 1. The molecular formula is C31H29N5O3. The van der Waals surface area contributed by atoms with Crippen LogP contribution in [0.4, 0.5) is 5.69 Å². The minimum atomic E-state index is -0.565. The van der Waals surface area contributed by atoms with Crippen LogP contribution in [0.3, 0.4) is 0 Å². The Morgan fingerprint density at radius 3 is 2.36 bits per heavy atom. The number of anilines is 1. The Morgan fingerprint density at radius 2 is 1.64 bits per heavy atom. The molecule has 1 fully saturated rings. The van der Waals surface area contributed by atoms with E-state index in [0.29, 0.717) is 11.3 Å². The Kier molecular flexibility index (Phi) is 6.24. The third kappa shape index (κ3) is 4.49. The van der Waals surface area contributed by atoms with Crippen molar-refractivity contribution in [3.8, 4) is 16.8 Å². The molecule has 0 saturated heterocycles. The van der Waals surface area contributed by atoms with Gasteiger partial charge in [0.1, 0.15) is 5.69 Å². The second kappa shape index (κ2) is 9.89. The van der Waals surface area contributed by atoms with Gasteiger partial charge in [-0.15, -0.1) is 0 Å². The van der Waals surface area contributed by atoms with E-state index in [4.69, 9.17) is 11.5 Å². The predicted molar refractivity (Wildman–Crippen MR) is 153 cm³/mol. The zero-order valence-electron chi connectivity index (χ0n) is 21.3. The molecule has 2 aromatic heterocycles. The van der Waals surface area contributed by atoms with Crippen molar-refractivity contribution in [3.63, 3.8) is 0 Å². The van der Waals surface area contributed by atoms with E-state index in [1.165, 1.54) is 0 Å². The van der Waals surface area contributed by atoms with Crippen LogP contribution < -0.4 is 16.8 Å². The van der Waals surface area contributed by atoms with Crippen molar-refractivity contribution in [1.82, 2.24) is 9.55 Å². The van der Waals surface area contributed by atoms with Crippen molar-refractivity contribution >= 4 is 39.3 Å². The van der Waals surface area contributed by atoms with E-state index in [9.17, 15) is 14.7 Å². The van der Waals surface area contributed by atoms with E-state index in [0.717, 1.165) is 64.3 Å². The minimum absolute atomic E-state index is 0.155. The highest BCUT2D eigenvalue weighted by Gasteiger charge is 2.22. The van der Waals surface area contributed by atoms with Crippen LogP contribution in [-0.2, 0) is 0 Å². The average molecular weight is 520 g/mol. The van der Waals surface area contributed by atoms with Gasteiger partial charge in [-0.05, 0) is 67.6 Å². The van der Waals surface area contributed by atoms with Crippen LogP contribution in [0.2, 0.25) is 0 Å². The summed E-state index contributed by atoms with van der Waals surface area (Å²) in [6, 6.07) is 23.6. The van der Waals surface area contributed by atoms with Crippen LogP contribution in [0.25, 0.3) is 38.6 Å². The smallest absolute Gasteiger partial charge is 0.267 e. The molecule has 39 heavy (non-hydrogen) atoms. The molecule has 8 heteroatoms. The number of nitrogens with two attached hydrogens (primary N) is 2. The monoisotopic (exact) mass is 519 g/mol. The number of amides is 2. The first kappa shape index (κ1) is 24.6. The third-order valence-corrected chi connectivity index (χ3v) is 7.61. The van der Waals surface area contributed by atoms with Gasteiger partial charge >= 0.3 is 0 Å². The normalized spacial score (nSPS) is 17.4. The number of hydrogen-bond donors (Lipinski definition) is 4. The van der Waals surface area contributed by atoms with E-state index >= 15 is 0 Å². The van der Waals surface area contributed by atoms with Crippen LogP contribution in [0, 0.1) is 0 Å². The van der Waals surface area contributed by atoms with E-state index < -0.39 is 11.8 Å². The number of carbonyl (C=O) groups is 2. The number of fused-ring (bicyclic) bond motifs is 3. The molecule has 1 aliphatic rings. The zero-order valence-corrected chi connectivity index (χ0v) is 21.3. The SMILES string of the molecule is NC(=O)c1ccc(-c2cccc3c2c2ccccc2n3-c2ccc(C(N)=O)c(N[C@H]3CC[C@H](O)CC3)c2)cn1. The fourth-order valence-electron chi connectivity index (χ4n) is 5.68. The fraction of sp³-hybridized carbons (Fsp3) is 0.194. The molecule has 3 aromatic carbocycles. The highest BCUT2D eigenvalue weighted by molar-refractivity contribution is 6.15. The summed E-state index contributed by atoms with van der Waals surface area (Å²) in [6.45, 7) is 0. The molecule has 0 bridgehead atoms. The standard InChI is InChI=1S/C31H29N5O3/c32-30(38)23-14-11-20(16-26(23)35-19-9-12-21(37)13-10-19)36-27-6-2-1-4-24(27)29-22(5-3-7-28(29)36)18-8-15-25(31(33)39)34-17-18/h1-8,11,14-17,19,21,35,37H,9-10,12-13H2,(H2,32,38)(H2,33,39)/t19-,21-. The molecule has 1 saturated carbocycles. The highest BCUT2D eigenvalue weighted by Crippen LogP contribution is 2.39. The van der Waals surface area contributed by atoms with Crippen molar-refractivity contribution in [3.05, 3.63) is 90.3 Å². The van der Waals surface area contributed by atoms with E-state index in [1.807, 2.05) is 42.5 Å². The van der Waals surface area contributed by atoms with Crippen molar-refractivity contribution in [1.29, 1.82) is 0 Å². The highest BCUT2D eigenvalue weighted by atomic mass is 16.3. The Hall–Kier alpha value is -4.69. The largest absolute Gasteiger partial charge is 0.393 e. The lowest BCUT2D eigenvalue weighted by molar-refractivity contribution is 0.0989. The van der Waals surface area contributed by atoms with Gasteiger partial charge in [-0.2, -0.15) is 0 Å². The molecular weight excluding hydrogens is 490 g/mol. The average Bonchev–Trinajstić information content (AvgIpc) is 3.29. The zero-order chi connectivity index (χ0) is 27.1. The number of hydrogen-bond acceptors (Lipinski definition) is 5. The molecule has 0 unspecified atom stereocenters. The number of rotatable bonds is 6. The van der Waals surface area contributed by atoms with E-state index in [1.54, 1.807) is 18.3 Å². The lowest BCUT2D eigenvalue weighted by Gasteiger charge is -2.28. The fourth-order valence-corrected chi connectivity index (χ4v) is 5.68. The number of primary amides is 2. The summed E-state index contributed by atoms with van der Waals surface area (Å²) >= 11 is 0. The second-order valence-corrected chi connectivity index (χ2v) is 10.1. The van der Waals surface area contributed by atoms with E-state index in [-0.39, 0.29) is 17.8 Å². The molecule has 0 radical (unpaired) electrons. The molecule has 1 aliphatic carbocycles. The van der Waals surface area contributed by atoms with Gasteiger partial charge in [0.05, 0.1) is 22.7 Å². The first-order valence-corrected chi connectivity index (χ1v) is 13.1. The molecule has 5 aromatic rings. The van der Waals surface area contributed by atoms with Gasteiger partial charge in [0.2, 0.25) is 0 Å². The Labute approximate surface area is 225 Å². The number of carbonyl (C=O) groups excluding carboxylic acids is 2. The molecule has 0 spiro atoms. The summed E-state index contributed by atoms with van der Waals surface area (Å²) in [4.78, 5) is 28.1. The number of para-hydroxylation sites is 1. The summed E-state index contributed by atoms with van der Waals surface area (Å²) in [6.07, 6.45) is 4.52. The molecule has 8 nitrogen and oxygen atoms in total. The van der Waals surface area contributed by atoms with E-state index in [2.05, 4.69) is 33.1 Å². The third-order valence-electron chi connectivity index (χ3n) is 7.61. The Bertz CT molecular complexity index is 1720. The van der Waals surface area contributed by atoms with Crippen LogP contribution in [-0.4, -0.2) is 38.6 Å². The van der Waals surface area contributed by atoms with Crippen molar-refractivity contribution in [2.45, 2.75) is 37.8 Å². The van der Waals surface area contributed by atoms with Gasteiger partial charge < -0.3 is 26.5 Å². The number of nitrogens with one attached hydrogen (secondary N) is 1. The van der Waals surface area contributed by atoms with Gasteiger partial charge in [0.25, 0.3) is 11.8 Å². The van der Waals surface area contributed by atoms with Gasteiger partial charge in [-0.25, -0.2) is 0 Å². The van der Waals surface area contributed by atoms with Gasteiger partial charge in [0.15, 0.2) is 0 Å². The van der Waals surface area contributed by atoms with Crippen molar-refractivity contribution < 1.29 is 14.7 Å². The molecule has 6 N–H and O–H groups in total. The molecule has 6 rings (SSSR count). The van der Waals surface area contributed by atoms with Crippen LogP contribution >= 0.6 is 0 Å². The summed E-state index contributed by atoms with van der Waals surface area (Å²) in [7, 11) is 0. The number of benzene rings is 3. The number of nitrogens with zero attached hydrogens (tertiary/aromatic N) is 2. The maximum Gasteiger partial charge on any atom is 0.267 e. The first-order chi connectivity index (χ1) is 18.9. The lowest BCUT2D eigenvalue weighted by atomic mass is 9.92. The van der Waals surface area contributed by atoms with Crippen molar-refractivity contribution in [2.24, 2.45) is 11.5 Å². The molecule has 196 valence electrons. The van der Waals surface area contributed by atoms with Crippen molar-refractivity contribution in [2.75, 3.05) is 5.32 Å². The second-order valence-electron chi connectivity index (χ2n) is 10.1. The number of aromatic nitrogens is 2. The first-order valence-electron chi connectivity index (χ1n) is 13.1. The number of pyridine rings is 1. The molecule has 2 amide bonds. The maximum atomic E-state index is 12.3. The van der Waals surface area contributed by atoms with Gasteiger partial charge in [-0.1, -0.05) is 36.4 Å². The molecule has 2 heterocycles. The molecule has 0 atom stereocenters. The molecule has 0 aliphatic heterocycles. The van der Waals surface area contributed by atoms with Gasteiger partial charge in [-0.3, -0.25) is 14.6 Å². The Balaban J connectivity index is 1.52. The summed E-state index contributed by atoms with van der Waals surface area (Å²) in [5, 5.41) is 15.6. The summed E-state index contributed by atoms with van der Waals surface area (Å²) < 4.78 is 2.18. The summed E-state index contributed by atoms with van der Waals surface area (Å²) in [5.74, 6) is -1.05. The minimum Gasteiger partial charge on any atom is -0.393 e. The lowest BCUT2D eigenvalue weighted by Crippen LogP contribution is -2.29.